The van der Waals surface area contributed by atoms with Gasteiger partial charge in [-0.25, -0.2) is 4.79 Å². The zero-order chi connectivity index (χ0) is 23.0. The number of piperazine rings is 1. The van der Waals surface area contributed by atoms with Crippen molar-refractivity contribution in [1.29, 1.82) is 0 Å². The van der Waals surface area contributed by atoms with Crippen LogP contribution in [0, 0.1) is 5.92 Å². The van der Waals surface area contributed by atoms with Crippen LogP contribution in [-0.4, -0.2) is 72.1 Å². The van der Waals surface area contributed by atoms with Crippen molar-refractivity contribution in [2.24, 2.45) is 5.92 Å². The molecule has 12 heteroatoms. The average molecular weight is 474 g/mol. The van der Waals surface area contributed by atoms with Crippen LogP contribution in [0.3, 0.4) is 0 Å². The molecule has 0 bridgehead atoms. The minimum Gasteiger partial charge on any atom is -0.465 e. The number of rotatable bonds is 4. The van der Waals surface area contributed by atoms with Crippen LogP contribution in [0.15, 0.2) is 18.2 Å². The zero-order valence-electron chi connectivity index (χ0n) is 16.4. The molecule has 2 aliphatic heterocycles. The molecule has 1 atom stereocenters. The summed E-state index contributed by atoms with van der Waals surface area (Å²) in [4.78, 5) is 15.1. The Labute approximate surface area is 180 Å². The topological polar surface area (TPSA) is 47.0 Å². The van der Waals surface area contributed by atoms with Gasteiger partial charge in [-0.05, 0) is 30.5 Å². The van der Waals surface area contributed by atoms with Crippen LogP contribution in [0.1, 0.15) is 18.4 Å². The van der Waals surface area contributed by atoms with E-state index < -0.39 is 43.5 Å². The number of carbonyl (C=O) groups is 1. The molecule has 2 heterocycles. The quantitative estimate of drug-likeness (QED) is 0.635. The van der Waals surface area contributed by atoms with Crippen molar-refractivity contribution in [3.63, 3.8) is 0 Å². The van der Waals surface area contributed by atoms with E-state index in [1.54, 1.807) is 12.1 Å². The largest absolute Gasteiger partial charge is 0.465 e. The zero-order valence-corrected chi connectivity index (χ0v) is 17.1. The first-order valence-electron chi connectivity index (χ1n) is 9.76. The maximum atomic E-state index is 13.3. The average Bonchev–Trinajstić information content (AvgIpc) is 3.15. The third-order valence-corrected chi connectivity index (χ3v) is 6.09. The summed E-state index contributed by atoms with van der Waals surface area (Å²) in [6.45, 7) is 0.628. The van der Waals surface area contributed by atoms with E-state index in [0.29, 0.717) is 10.6 Å². The van der Waals surface area contributed by atoms with Gasteiger partial charge in [-0.1, -0.05) is 17.7 Å². The van der Waals surface area contributed by atoms with Crippen LogP contribution in [0.25, 0.3) is 0 Å². The first-order valence-corrected chi connectivity index (χ1v) is 10.1. The molecule has 0 spiro atoms. The molecule has 0 radical (unpaired) electrons. The smallest absolute Gasteiger partial charge is 0.407 e. The molecular formula is C19H22ClF6N3O2. The first kappa shape index (κ1) is 23.8. The summed E-state index contributed by atoms with van der Waals surface area (Å²) in [5, 5.41) is 9.56. The Kier molecular flexibility index (Phi) is 6.85. The Balaban J connectivity index is 1.80. The Morgan fingerprint density at radius 3 is 2.19 bits per heavy atom. The molecule has 3 rings (SSSR count). The molecule has 0 aromatic heterocycles. The number of amides is 1. The molecule has 0 aliphatic carbocycles. The van der Waals surface area contributed by atoms with Gasteiger partial charge in [-0.2, -0.15) is 26.3 Å². The van der Waals surface area contributed by atoms with Gasteiger partial charge in [0.25, 0.3) is 0 Å². The molecule has 1 amide bonds. The highest BCUT2D eigenvalue weighted by atomic mass is 35.5. The first-order chi connectivity index (χ1) is 14.4. The molecule has 0 saturated carbocycles. The van der Waals surface area contributed by atoms with Crippen molar-refractivity contribution < 1.29 is 36.2 Å². The van der Waals surface area contributed by atoms with E-state index in [0.717, 1.165) is 31.6 Å². The van der Waals surface area contributed by atoms with E-state index in [9.17, 15) is 36.2 Å². The summed E-state index contributed by atoms with van der Waals surface area (Å²) in [5.41, 5.74) is 1.47. The second kappa shape index (κ2) is 8.93. The number of halogens is 7. The van der Waals surface area contributed by atoms with Gasteiger partial charge in [0.05, 0.1) is 6.04 Å². The Morgan fingerprint density at radius 1 is 1.06 bits per heavy atom. The third-order valence-electron chi connectivity index (χ3n) is 5.74. The molecule has 2 fully saturated rings. The number of hydrogen-bond acceptors (Lipinski definition) is 3. The van der Waals surface area contributed by atoms with Crippen LogP contribution < -0.4 is 4.90 Å². The third kappa shape index (κ3) is 5.49. The van der Waals surface area contributed by atoms with Crippen molar-refractivity contribution >= 4 is 23.4 Å². The van der Waals surface area contributed by atoms with Gasteiger partial charge in [0.1, 0.15) is 0 Å². The van der Waals surface area contributed by atoms with Crippen LogP contribution >= 0.6 is 11.6 Å². The number of alkyl halides is 6. The molecule has 1 N–H and O–H groups in total. The predicted molar refractivity (Wildman–Crippen MR) is 102 cm³/mol. The summed E-state index contributed by atoms with van der Waals surface area (Å²) < 4.78 is 79.6. The molecule has 1 aromatic carbocycles. The Morgan fingerprint density at radius 2 is 1.68 bits per heavy atom. The lowest BCUT2D eigenvalue weighted by Gasteiger charge is -2.44. The fraction of sp³-hybridized carbons (Fsp3) is 0.632. The van der Waals surface area contributed by atoms with Gasteiger partial charge in [0.15, 0.2) is 5.92 Å². The van der Waals surface area contributed by atoms with Gasteiger partial charge >= 0.3 is 18.4 Å². The molecular weight excluding hydrogens is 452 g/mol. The van der Waals surface area contributed by atoms with E-state index >= 15 is 0 Å². The van der Waals surface area contributed by atoms with E-state index in [1.807, 2.05) is 6.07 Å². The van der Waals surface area contributed by atoms with Gasteiger partial charge < -0.3 is 14.9 Å². The Bertz CT molecular complexity index is 784. The van der Waals surface area contributed by atoms with Crippen LogP contribution in [-0.2, 0) is 6.54 Å². The summed E-state index contributed by atoms with van der Waals surface area (Å²) in [6.07, 6.45) is -10.9. The molecule has 1 aromatic rings. The van der Waals surface area contributed by atoms with Crippen LogP contribution in [0.5, 0.6) is 0 Å². The highest BCUT2D eigenvalue weighted by molar-refractivity contribution is 6.31. The van der Waals surface area contributed by atoms with Crippen molar-refractivity contribution in [1.82, 2.24) is 9.80 Å². The lowest BCUT2D eigenvalue weighted by atomic mass is 9.94. The molecule has 1 unspecified atom stereocenters. The SMILES string of the molecule is O=C(O)N1CCN(Cc2ccc(N3CCCC3)cc2Cl)CC1C(C(F)(F)F)C(F)(F)F. The van der Waals surface area contributed by atoms with Crippen molar-refractivity contribution in [3.05, 3.63) is 28.8 Å². The number of carboxylic acid groups (broad SMARTS) is 1. The second-order valence-electron chi connectivity index (χ2n) is 7.81. The summed E-state index contributed by atoms with van der Waals surface area (Å²) in [7, 11) is 0. The highest BCUT2D eigenvalue weighted by Crippen LogP contribution is 2.44. The maximum Gasteiger partial charge on any atom is 0.407 e. The fourth-order valence-corrected chi connectivity index (χ4v) is 4.47. The maximum absolute atomic E-state index is 13.3. The minimum atomic E-state index is -5.63. The molecule has 174 valence electrons. The number of benzene rings is 1. The normalized spacial score (nSPS) is 21.2. The van der Waals surface area contributed by atoms with Gasteiger partial charge in [0.2, 0.25) is 0 Å². The Hall–Kier alpha value is -1.88. The van der Waals surface area contributed by atoms with E-state index in [4.69, 9.17) is 11.6 Å². The molecule has 2 aliphatic rings. The fourth-order valence-electron chi connectivity index (χ4n) is 4.24. The summed E-state index contributed by atoms with van der Waals surface area (Å²) >= 11 is 6.33. The molecule has 31 heavy (non-hydrogen) atoms. The number of nitrogens with zero attached hydrogens (tertiary/aromatic N) is 3. The van der Waals surface area contributed by atoms with E-state index in [2.05, 4.69) is 4.90 Å². The second-order valence-corrected chi connectivity index (χ2v) is 8.22. The molecule has 2 saturated heterocycles. The standard InChI is InChI=1S/C19H22ClF6N3O2/c20-14-9-13(28-5-1-2-6-28)4-3-12(14)10-27-7-8-29(17(30)31)15(11-27)16(18(21,22)23)19(24,25)26/h3-4,9,15-16H,1-2,5-8,10-11H2,(H,30,31). The molecule has 5 nitrogen and oxygen atoms in total. The number of hydrogen-bond donors (Lipinski definition) is 1. The summed E-state index contributed by atoms with van der Waals surface area (Å²) in [6, 6.07) is 2.97. The number of anilines is 1. The van der Waals surface area contributed by atoms with Crippen molar-refractivity contribution in [3.8, 4) is 0 Å². The van der Waals surface area contributed by atoms with E-state index in [-0.39, 0.29) is 18.0 Å². The van der Waals surface area contributed by atoms with Gasteiger partial charge in [-0.15, -0.1) is 0 Å². The minimum absolute atomic E-state index is 0.00452. The van der Waals surface area contributed by atoms with Gasteiger partial charge in [0, 0.05) is 50.0 Å². The van der Waals surface area contributed by atoms with Gasteiger partial charge in [-0.3, -0.25) is 4.90 Å². The van der Waals surface area contributed by atoms with E-state index in [1.165, 1.54) is 4.90 Å². The van der Waals surface area contributed by atoms with Crippen LogP contribution in [0.2, 0.25) is 5.02 Å². The predicted octanol–water partition coefficient (Wildman–Crippen LogP) is 4.85. The van der Waals surface area contributed by atoms with Crippen molar-refractivity contribution in [2.75, 3.05) is 37.6 Å². The summed E-state index contributed by atoms with van der Waals surface area (Å²) in [5.74, 6) is -3.77. The highest BCUT2D eigenvalue weighted by Gasteiger charge is 2.62. The lowest BCUT2D eigenvalue weighted by Crippen LogP contribution is -2.62. The van der Waals surface area contributed by atoms with Crippen molar-refractivity contribution in [2.45, 2.75) is 37.8 Å². The lowest BCUT2D eigenvalue weighted by molar-refractivity contribution is -0.300. The van der Waals surface area contributed by atoms with Crippen LogP contribution in [0.4, 0.5) is 36.8 Å². The monoisotopic (exact) mass is 473 g/mol.